The maximum Gasteiger partial charge on any atom is 0.0219 e. The molecule has 1 aliphatic rings. The molecule has 0 aliphatic carbocycles. The summed E-state index contributed by atoms with van der Waals surface area (Å²) in [4.78, 5) is 2.51. The summed E-state index contributed by atoms with van der Waals surface area (Å²) in [6.07, 6.45) is 2.49. The van der Waals surface area contributed by atoms with Crippen LogP contribution >= 0.6 is 0 Å². The zero-order chi connectivity index (χ0) is 8.81. The van der Waals surface area contributed by atoms with Crippen molar-refractivity contribution in [2.45, 2.75) is 25.8 Å². The van der Waals surface area contributed by atoms with E-state index in [0.717, 1.165) is 19.6 Å². The van der Waals surface area contributed by atoms with Gasteiger partial charge < -0.3 is 11.1 Å². The Morgan fingerprint density at radius 3 is 2.58 bits per heavy atom. The van der Waals surface area contributed by atoms with Gasteiger partial charge in [0, 0.05) is 38.8 Å². The second-order valence-corrected chi connectivity index (χ2v) is 3.46. The lowest BCUT2D eigenvalue weighted by molar-refractivity contribution is 0.168. The SMILES string of the molecule is CCCC(CN)N1CCNCC1. The first kappa shape index (κ1) is 9.96. The van der Waals surface area contributed by atoms with Gasteiger partial charge in [0.15, 0.2) is 0 Å². The third kappa shape index (κ3) is 2.73. The normalized spacial score (nSPS) is 22.5. The number of hydrogen-bond donors (Lipinski definition) is 2. The maximum absolute atomic E-state index is 5.73. The average molecular weight is 171 g/mol. The van der Waals surface area contributed by atoms with Gasteiger partial charge in [-0.2, -0.15) is 0 Å². The summed E-state index contributed by atoms with van der Waals surface area (Å²) in [5.41, 5.74) is 5.73. The van der Waals surface area contributed by atoms with Crippen molar-refractivity contribution in [3.8, 4) is 0 Å². The van der Waals surface area contributed by atoms with Crippen molar-refractivity contribution in [3.05, 3.63) is 0 Å². The van der Waals surface area contributed by atoms with Crippen LogP contribution in [0.15, 0.2) is 0 Å². The third-order valence-corrected chi connectivity index (χ3v) is 2.56. The lowest BCUT2D eigenvalue weighted by Gasteiger charge is -2.34. The van der Waals surface area contributed by atoms with Crippen LogP contribution in [0, 0.1) is 0 Å². The standard InChI is InChI=1S/C9H21N3/c1-2-3-9(8-10)12-6-4-11-5-7-12/h9,11H,2-8,10H2,1H3. The van der Waals surface area contributed by atoms with E-state index in [1.54, 1.807) is 0 Å². The van der Waals surface area contributed by atoms with E-state index in [-0.39, 0.29) is 0 Å². The fraction of sp³-hybridized carbons (Fsp3) is 1.00. The van der Waals surface area contributed by atoms with Crippen LogP contribution in [0.2, 0.25) is 0 Å². The quantitative estimate of drug-likeness (QED) is 0.626. The van der Waals surface area contributed by atoms with Gasteiger partial charge in [-0.15, -0.1) is 0 Å². The van der Waals surface area contributed by atoms with Crippen molar-refractivity contribution >= 4 is 0 Å². The number of rotatable bonds is 4. The minimum absolute atomic E-state index is 0.622. The highest BCUT2D eigenvalue weighted by atomic mass is 15.2. The summed E-state index contributed by atoms with van der Waals surface area (Å²) in [7, 11) is 0. The number of nitrogens with two attached hydrogens (primary N) is 1. The second kappa shape index (κ2) is 5.51. The molecule has 0 aromatic carbocycles. The van der Waals surface area contributed by atoms with E-state index in [2.05, 4.69) is 17.1 Å². The van der Waals surface area contributed by atoms with Crippen LogP contribution < -0.4 is 11.1 Å². The van der Waals surface area contributed by atoms with E-state index < -0.39 is 0 Å². The highest BCUT2D eigenvalue weighted by Crippen LogP contribution is 2.06. The van der Waals surface area contributed by atoms with Gasteiger partial charge in [-0.05, 0) is 6.42 Å². The van der Waals surface area contributed by atoms with Gasteiger partial charge in [0.2, 0.25) is 0 Å². The minimum atomic E-state index is 0.622. The molecule has 0 spiro atoms. The Morgan fingerprint density at radius 2 is 2.08 bits per heavy atom. The molecule has 3 N–H and O–H groups in total. The predicted octanol–water partition coefficient (Wildman–Crippen LogP) is 0.0190. The van der Waals surface area contributed by atoms with Crippen molar-refractivity contribution in [2.24, 2.45) is 5.73 Å². The highest BCUT2D eigenvalue weighted by molar-refractivity contribution is 4.76. The first-order valence-corrected chi connectivity index (χ1v) is 5.03. The van der Waals surface area contributed by atoms with Gasteiger partial charge in [0.25, 0.3) is 0 Å². The summed E-state index contributed by atoms with van der Waals surface area (Å²) in [5.74, 6) is 0. The zero-order valence-corrected chi connectivity index (χ0v) is 8.05. The van der Waals surface area contributed by atoms with Crippen molar-refractivity contribution in [1.29, 1.82) is 0 Å². The molecular weight excluding hydrogens is 150 g/mol. The van der Waals surface area contributed by atoms with E-state index in [9.17, 15) is 0 Å². The van der Waals surface area contributed by atoms with Crippen LogP contribution in [0.25, 0.3) is 0 Å². The molecule has 1 rings (SSSR count). The Balaban J connectivity index is 2.29. The molecule has 12 heavy (non-hydrogen) atoms. The maximum atomic E-state index is 5.73. The smallest absolute Gasteiger partial charge is 0.0219 e. The summed E-state index contributed by atoms with van der Waals surface area (Å²) in [6, 6.07) is 0.622. The van der Waals surface area contributed by atoms with Crippen molar-refractivity contribution < 1.29 is 0 Å². The Morgan fingerprint density at radius 1 is 1.42 bits per heavy atom. The molecular formula is C9H21N3. The van der Waals surface area contributed by atoms with E-state index in [4.69, 9.17) is 5.73 Å². The summed E-state index contributed by atoms with van der Waals surface area (Å²) in [5, 5.41) is 3.35. The molecule has 1 heterocycles. The van der Waals surface area contributed by atoms with Gasteiger partial charge >= 0.3 is 0 Å². The van der Waals surface area contributed by atoms with Crippen molar-refractivity contribution in [1.82, 2.24) is 10.2 Å². The largest absolute Gasteiger partial charge is 0.329 e. The van der Waals surface area contributed by atoms with Crippen LogP contribution in [0.5, 0.6) is 0 Å². The monoisotopic (exact) mass is 171 g/mol. The first-order valence-electron chi connectivity index (χ1n) is 5.03. The van der Waals surface area contributed by atoms with Crippen LogP contribution in [-0.2, 0) is 0 Å². The van der Waals surface area contributed by atoms with E-state index in [1.807, 2.05) is 0 Å². The van der Waals surface area contributed by atoms with E-state index >= 15 is 0 Å². The number of nitrogens with one attached hydrogen (secondary N) is 1. The van der Waals surface area contributed by atoms with E-state index in [1.165, 1.54) is 25.9 Å². The zero-order valence-electron chi connectivity index (χ0n) is 8.05. The molecule has 3 heteroatoms. The minimum Gasteiger partial charge on any atom is -0.329 e. The molecule has 0 saturated carbocycles. The summed E-state index contributed by atoms with van der Waals surface area (Å²) >= 11 is 0. The lowest BCUT2D eigenvalue weighted by atomic mass is 10.1. The molecule has 1 aliphatic heterocycles. The molecule has 0 aromatic rings. The molecule has 1 saturated heterocycles. The molecule has 1 fully saturated rings. The van der Waals surface area contributed by atoms with Crippen molar-refractivity contribution in [2.75, 3.05) is 32.7 Å². The van der Waals surface area contributed by atoms with Gasteiger partial charge in [-0.3, -0.25) is 4.90 Å². The Hall–Kier alpha value is -0.120. The molecule has 0 radical (unpaired) electrons. The lowest BCUT2D eigenvalue weighted by Crippen LogP contribution is -2.50. The van der Waals surface area contributed by atoms with Gasteiger partial charge in [-0.25, -0.2) is 0 Å². The van der Waals surface area contributed by atoms with Crippen LogP contribution in [0.1, 0.15) is 19.8 Å². The molecule has 0 aromatic heterocycles. The number of piperazine rings is 1. The Labute approximate surface area is 75.3 Å². The second-order valence-electron chi connectivity index (χ2n) is 3.46. The number of nitrogens with zero attached hydrogens (tertiary/aromatic N) is 1. The van der Waals surface area contributed by atoms with Crippen LogP contribution in [0.3, 0.4) is 0 Å². The summed E-state index contributed by atoms with van der Waals surface area (Å²) < 4.78 is 0. The van der Waals surface area contributed by atoms with Gasteiger partial charge in [-0.1, -0.05) is 13.3 Å². The Bertz CT molecular complexity index is 108. The summed E-state index contributed by atoms with van der Waals surface area (Å²) in [6.45, 7) is 7.63. The van der Waals surface area contributed by atoms with Gasteiger partial charge in [0.1, 0.15) is 0 Å². The molecule has 3 nitrogen and oxygen atoms in total. The molecule has 0 amide bonds. The molecule has 72 valence electrons. The average Bonchev–Trinajstić information content (AvgIpc) is 2.15. The Kier molecular flexibility index (Phi) is 4.58. The van der Waals surface area contributed by atoms with Crippen LogP contribution in [-0.4, -0.2) is 43.7 Å². The topological polar surface area (TPSA) is 41.3 Å². The van der Waals surface area contributed by atoms with Crippen molar-refractivity contribution in [3.63, 3.8) is 0 Å². The predicted molar refractivity (Wildman–Crippen MR) is 52.2 cm³/mol. The van der Waals surface area contributed by atoms with Gasteiger partial charge in [0.05, 0.1) is 0 Å². The highest BCUT2D eigenvalue weighted by Gasteiger charge is 2.17. The molecule has 1 atom stereocenters. The van der Waals surface area contributed by atoms with Crippen LogP contribution in [0.4, 0.5) is 0 Å². The fourth-order valence-corrected chi connectivity index (χ4v) is 1.83. The third-order valence-electron chi connectivity index (χ3n) is 2.56. The molecule has 0 bridgehead atoms. The molecule has 1 unspecified atom stereocenters. The number of hydrogen-bond acceptors (Lipinski definition) is 3. The first-order chi connectivity index (χ1) is 5.88. The fourth-order valence-electron chi connectivity index (χ4n) is 1.83. The van der Waals surface area contributed by atoms with E-state index in [0.29, 0.717) is 6.04 Å².